The lowest BCUT2D eigenvalue weighted by Crippen LogP contribution is -2.45. The average Bonchev–Trinajstić information content (AvgIpc) is 3.30. The van der Waals surface area contributed by atoms with Gasteiger partial charge in [0.15, 0.2) is 0 Å². The number of benzene rings is 2. The molecule has 2 fully saturated rings. The van der Waals surface area contributed by atoms with E-state index in [-0.39, 0.29) is 17.2 Å². The fraction of sp³-hybridized carbons (Fsp3) is 0.500. The Morgan fingerprint density at radius 2 is 1.66 bits per heavy atom. The molecule has 1 aliphatic carbocycles. The van der Waals surface area contributed by atoms with Crippen LogP contribution in [0.25, 0.3) is 0 Å². The van der Waals surface area contributed by atoms with Gasteiger partial charge in [-0.15, -0.1) is 0 Å². The van der Waals surface area contributed by atoms with Gasteiger partial charge in [-0.05, 0) is 68.4 Å². The van der Waals surface area contributed by atoms with E-state index in [1.165, 1.54) is 22.7 Å². The fourth-order valence-corrected chi connectivity index (χ4v) is 6.75. The second-order valence-electron chi connectivity index (χ2n) is 9.50. The van der Waals surface area contributed by atoms with Gasteiger partial charge in [0.1, 0.15) is 0 Å². The molecule has 0 bridgehead atoms. The molecule has 1 saturated heterocycles. The normalized spacial score (nSPS) is 19.7. The monoisotopic (exact) mass is 454 g/mol. The Bertz CT molecular complexity index is 1050. The van der Waals surface area contributed by atoms with Crippen LogP contribution in [-0.4, -0.2) is 38.3 Å². The first kappa shape index (κ1) is 23.0. The van der Waals surface area contributed by atoms with E-state index in [1.807, 2.05) is 26.0 Å². The van der Waals surface area contributed by atoms with E-state index in [1.54, 1.807) is 12.1 Å². The van der Waals surface area contributed by atoms with E-state index in [4.69, 9.17) is 0 Å². The molecule has 1 amide bonds. The number of carbonyl (C=O) groups excluding carboxylic acids is 1. The van der Waals surface area contributed by atoms with E-state index in [2.05, 4.69) is 29.6 Å². The third kappa shape index (κ3) is 4.62. The number of carbonyl (C=O) groups is 1. The Morgan fingerprint density at radius 1 is 1.00 bits per heavy atom. The molecular weight excluding hydrogens is 420 g/mol. The summed E-state index contributed by atoms with van der Waals surface area (Å²) < 4.78 is 27.6. The van der Waals surface area contributed by atoms with Gasteiger partial charge >= 0.3 is 0 Å². The Balaban J connectivity index is 1.36. The molecular formula is C26H34N2O3S. The topological polar surface area (TPSA) is 66.5 Å². The Kier molecular flexibility index (Phi) is 6.72. The lowest BCUT2D eigenvalue weighted by atomic mass is 9.78. The highest BCUT2D eigenvalue weighted by molar-refractivity contribution is 7.89. The van der Waals surface area contributed by atoms with Crippen LogP contribution in [0.1, 0.15) is 55.2 Å². The largest absolute Gasteiger partial charge is 0.355 e. The van der Waals surface area contributed by atoms with Crippen molar-refractivity contribution in [2.75, 3.05) is 19.6 Å². The third-order valence-corrected chi connectivity index (χ3v) is 9.38. The van der Waals surface area contributed by atoms with Gasteiger partial charge in [-0.3, -0.25) is 4.79 Å². The minimum Gasteiger partial charge on any atom is -0.355 e. The first-order valence-electron chi connectivity index (χ1n) is 11.7. The summed E-state index contributed by atoms with van der Waals surface area (Å²) in [6.07, 6.45) is 5.72. The highest BCUT2D eigenvalue weighted by atomic mass is 32.2. The molecule has 32 heavy (non-hydrogen) atoms. The Morgan fingerprint density at radius 3 is 2.28 bits per heavy atom. The summed E-state index contributed by atoms with van der Waals surface area (Å²) in [5.74, 6) is -0.0640. The van der Waals surface area contributed by atoms with Gasteiger partial charge in [0, 0.05) is 31.0 Å². The van der Waals surface area contributed by atoms with Crippen molar-refractivity contribution in [3.63, 3.8) is 0 Å². The van der Waals surface area contributed by atoms with Crippen LogP contribution in [0, 0.1) is 19.8 Å². The van der Waals surface area contributed by atoms with Crippen molar-refractivity contribution in [2.24, 2.45) is 5.92 Å². The van der Waals surface area contributed by atoms with Gasteiger partial charge < -0.3 is 5.32 Å². The van der Waals surface area contributed by atoms with Gasteiger partial charge in [-0.25, -0.2) is 8.42 Å². The molecule has 2 aromatic rings. The number of rotatable bonds is 6. The summed E-state index contributed by atoms with van der Waals surface area (Å²) in [5.41, 5.74) is 3.39. The molecule has 2 aromatic carbocycles. The number of hydrogen-bond donors (Lipinski definition) is 1. The molecule has 0 spiro atoms. The van der Waals surface area contributed by atoms with Crippen molar-refractivity contribution in [1.82, 2.24) is 9.62 Å². The van der Waals surface area contributed by atoms with Gasteiger partial charge in [-0.1, -0.05) is 49.2 Å². The molecule has 1 aliphatic heterocycles. The van der Waals surface area contributed by atoms with Crippen molar-refractivity contribution in [1.29, 1.82) is 0 Å². The van der Waals surface area contributed by atoms with E-state index < -0.39 is 10.0 Å². The lowest BCUT2D eigenvalue weighted by Gasteiger charge is -2.33. The van der Waals surface area contributed by atoms with E-state index in [0.717, 1.165) is 24.0 Å². The van der Waals surface area contributed by atoms with Gasteiger partial charge in [0.25, 0.3) is 0 Å². The van der Waals surface area contributed by atoms with Gasteiger partial charge in [-0.2, -0.15) is 4.31 Å². The van der Waals surface area contributed by atoms with Crippen LogP contribution in [0.2, 0.25) is 0 Å². The van der Waals surface area contributed by atoms with Crippen LogP contribution in [0.15, 0.2) is 53.4 Å². The van der Waals surface area contributed by atoms with E-state index in [9.17, 15) is 13.2 Å². The number of nitrogens with zero attached hydrogens (tertiary/aromatic N) is 1. The van der Waals surface area contributed by atoms with Gasteiger partial charge in [0.05, 0.1) is 4.90 Å². The Hall–Kier alpha value is -2.18. The Labute approximate surface area is 192 Å². The molecule has 172 valence electrons. The maximum Gasteiger partial charge on any atom is 0.243 e. The number of nitrogens with one attached hydrogen (secondary N) is 1. The van der Waals surface area contributed by atoms with Crippen LogP contribution in [0.3, 0.4) is 0 Å². The molecule has 5 nitrogen and oxygen atoms in total. The van der Waals surface area contributed by atoms with Crippen LogP contribution < -0.4 is 5.32 Å². The van der Waals surface area contributed by atoms with Crippen molar-refractivity contribution in [3.05, 3.63) is 65.2 Å². The molecule has 0 atom stereocenters. The fourth-order valence-electron chi connectivity index (χ4n) is 5.19. The zero-order valence-corrected chi connectivity index (χ0v) is 20.0. The van der Waals surface area contributed by atoms with Crippen molar-refractivity contribution < 1.29 is 13.2 Å². The smallest absolute Gasteiger partial charge is 0.243 e. The van der Waals surface area contributed by atoms with E-state index >= 15 is 0 Å². The molecule has 1 N–H and O–H groups in total. The molecule has 6 heteroatoms. The SMILES string of the molecule is Cc1ccc(S(=O)(=O)N2CCC(C(=O)NCC3(c4ccccc4)CCCC3)CC2)cc1C. The zero-order valence-electron chi connectivity index (χ0n) is 19.1. The first-order chi connectivity index (χ1) is 15.3. The second kappa shape index (κ2) is 9.36. The summed E-state index contributed by atoms with van der Waals surface area (Å²) in [4.78, 5) is 13.3. The van der Waals surface area contributed by atoms with Crippen LogP contribution >= 0.6 is 0 Å². The summed E-state index contributed by atoms with van der Waals surface area (Å²) in [7, 11) is -3.52. The highest BCUT2D eigenvalue weighted by Gasteiger charge is 2.37. The molecule has 2 aliphatic rings. The molecule has 0 aromatic heterocycles. The number of aryl methyl sites for hydroxylation is 2. The number of piperidine rings is 1. The van der Waals surface area contributed by atoms with E-state index in [0.29, 0.717) is 37.4 Å². The summed E-state index contributed by atoms with van der Waals surface area (Å²) >= 11 is 0. The summed E-state index contributed by atoms with van der Waals surface area (Å²) in [6, 6.07) is 15.8. The molecule has 0 unspecified atom stereocenters. The third-order valence-electron chi connectivity index (χ3n) is 7.49. The van der Waals surface area contributed by atoms with Crippen molar-refractivity contribution in [3.8, 4) is 0 Å². The maximum atomic E-state index is 13.1. The zero-order chi connectivity index (χ0) is 22.8. The first-order valence-corrected chi connectivity index (χ1v) is 13.2. The minimum absolute atomic E-state index is 0.0320. The number of sulfonamides is 1. The number of amides is 1. The molecule has 1 heterocycles. The molecule has 1 saturated carbocycles. The summed E-state index contributed by atoms with van der Waals surface area (Å²) in [5, 5.41) is 3.23. The van der Waals surface area contributed by atoms with Crippen LogP contribution in [0.4, 0.5) is 0 Å². The van der Waals surface area contributed by atoms with Crippen LogP contribution in [-0.2, 0) is 20.2 Å². The quantitative estimate of drug-likeness (QED) is 0.706. The maximum absolute atomic E-state index is 13.1. The van der Waals surface area contributed by atoms with Crippen molar-refractivity contribution in [2.45, 2.75) is 62.7 Å². The minimum atomic E-state index is -3.52. The van der Waals surface area contributed by atoms with Crippen LogP contribution in [0.5, 0.6) is 0 Å². The average molecular weight is 455 g/mol. The lowest BCUT2D eigenvalue weighted by molar-refractivity contribution is -0.126. The predicted octanol–water partition coefficient (Wildman–Crippen LogP) is 4.33. The van der Waals surface area contributed by atoms with Gasteiger partial charge in [0.2, 0.25) is 15.9 Å². The molecule has 4 rings (SSSR count). The standard InChI is InChI=1S/C26H34N2O3S/c1-20-10-11-24(18-21(20)2)32(30,31)28-16-12-22(13-17-28)25(29)27-19-26(14-6-7-15-26)23-8-4-3-5-9-23/h3-5,8-11,18,22H,6-7,12-17,19H2,1-2H3,(H,27,29). The predicted molar refractivity (Wildman–Crippen MR) is 127 cm³/mol. The summed E-state index contributed by atoms with van der Waals surface area (Å²) in [6.45, 7) is 5.34. The second-order valence-corrected chi connectivity index (χ2v) is 11.4. The highest BCUT2D eigenvalue weighted by Crippen LogP contribution is 2.40. The van der Waals surface area contributed by atoms with Crippen molar-refractivity contribution >= 4 is 15.9 Å². The molecule has 0 radical (unpaired) electrons. The number of hydrogen-bond acceptors (Lipinski definition) is 3.